The molecule has 4 N–H and O–H groups in total. The van der Waals surface area contributed by atoms with E-state index in [1.54, 1.807) is 0 Å². The van der Waals surface area contributed by atoms with Gasteiger partial charge in [-0.2, -0.15) is 5.10 Å². The summed E-state index contributed by atoms with van der Waals surface area (Å²) in [5.41, 5.74) is 10.9. The summed E-state index contributed by atoms with van der Waals surface area (Å²) < 4.78 is 1.40. The van der Waals surface area contributed by atoms with Crippen molar-refractivity contribution in [3.8, 4) is 5.82 Å². The van der Waals surface area contributed by atoms with Crippen molar-refractivity contribution in [3.05, 3.63) is 30.4 Å². The average molecular weight is 204 g/mol. The van der Waals surface area contributed by atoms with Crippen LogP contribution in [0, 0.1) is 0 Å². The van der Waals surface area contributed by atoms with Crippen molar-refractivity contribution in [3.63, 3.8) is 0 Å². The van der Waals surface area contributed by atoms with Gasteiger partial charge < -0.3 is 11.5 Å². The van der Waals surface area contributed by atoms with Crippen LogP contribution < -0.4 is 11.5 Å². The van der Waals surface area contributed by atoms with Crippen LogP contribution in [-0.4, -0.2) is 25.7 Å². The first-order valence-electron chi connectivity index (χ1n) is 4.09. The average Bonchev–Trinajstić information content (AvgIpc) is 2.66. The molecule has 76 valence electrons. The molecule has 2 aromatic rings. The Kier molecular flexibility index (Phi) is 2.05. The van der Waals surface area contributed by atoms with Gasteiger partial charge in [0.05, 0.1) is 11.8 Å². The lowest BCUT2D eigenvalue weighted by Crippen LogP contribution is -2.09. The first kappa shape index (κ1) is 9.13. The van der Waals surface area contributed by atoms with Crippen LogP contribution in [0.25, 0.3) is 5.82 Å². The highest BCUT2D eigenvalue weighted by Crippen LogP contribution is 2.06. The van der Waals surface area contributed by atoms with E-state index in [1.807, 2.05) is 0 Å². The van der Waals surface area contributed by atoms with Gasteiger partial charge in [0.1, 0.15) is 12.1 Å². The molecule has 2 aromatic heterocycles. The number of nitrogen functional groups attached to an aromatic ring is 1. The zero-order valence-corrected chi connectivity index (χ0v) is 7.66. The zero-order chi connectivity index (χ0) is 10.8. The maximum Gasteiger partial charge on any atom is 0.251 e. The van der Waals surface area contributed by atoms with E-state index in [0.717, 1.165) is 0 Å². The lowest BCUT2D eigenvalue weighted by Gasteiger charge is -1.99. The molecule has 0 aliphatic carbocycles. The molecule has 0 spiro atoms. The molecule has 7 nitrogen and oxygen atoms in total. The highest BCUT2D eigenvalue weighted by atomic mass is 16.1. The van der Waals surface area contributed by atoms with E-state index in [1.165, 1.54) is 29.5 Å². The Morgan fingerprint density at radius 3 is 2.80 bits per heavy atom. The van der Waals surface area contributed by atoms with Crippen LogP contribution in [0.2, 0.25) is 0 Å². The molecule has 1 amide bonds. The van der Waals surface area contributed by atoms with Crippen LogP contribution in [0.15, 0.2) is 24.8 Å². The molecule has 0 saturated carbocycles. The van der Waals surface area contributed by atoms with Crippen LogP contribution in [-0.2, 0) is 0 Å². The van der Waals surface area contributed by atoms with Crippen molar-refractivity contribution in [1.29, 1.82) is 0 Å². The minimum absolute atomic E-state index is 0.312. The fourth-order valence-electron chi connectivity index (χ4n) is 1.06. The molecule has 2 heterocycles. The summed E-state index contributed by atoms with van der Waals surface area (Å²) in [6.07, 6.45) is 4.15. The summed E-state index contributed by atoms with van der Waals surface area (Å²) >= 11 is 0. The Morgan fingerprint density at radius 2 is 2.20 bits per heavy atom. The zero-order valence-electron chi connectivity index (χ0n) is 7.66. The molecule has 0 aliphatic heterocycles. The molecule has 0 atom stereocenters. The second kappa shape index (κ2) is 3.37. The number of amides is 1. The number of hydrogen-bond donors (Lipinski definition) is 2. The van der Waals surface area contributed by atoms with Crippen LogP contribution in [0.5, 0.6) is 0 Å². The Hall–Kier alpha value is -2.44. The Balaban J connectivity index is 2.41. The Morgan fingerprint density at radius 1 is 1.40 bits per heavy atom. The number of carbonyl (C=O) groups is 1. The molecule has 0 fully saturated rings. The van der Waals surface area contributed by atoms with Gasteiger partial charge in [0.2, 0.25) is 0 Å². The summed E-state index contributed by atoms with van der Waals surface area (Å²) in [6.45, 7) is 0. The minimum Gasteiger partial charge on any atom is -0.384 e. The predicted octanol–water partition coefficient (Wildman–Crippen LogP) is -0.657. The van der Waals surface area contributed by atoms with E-state index in [2.05, 4.69) is 15.1 Å². The lowest BCUT2D eigenvalue weighted by atomic mass is 10.3. The first-order chi connectivity index (χ1) is 7.16. The molecular weight excluding hydrogens is 196 g/mol. The van der Waals surface area contributed by atoms with Gasteiger partial charge in [-0.3, -0.25) is 4.79 Å². The van der Waals surface area contributed by atoms with Gasteiger partial charge in [-0.25, -0.2) is 14.6 Å². The maximum absolute atomic E-state index is 10.8. The van der Waals surface area contributed by atoms with Gasteiger partial charge in [-0.1, -0.05) is 0 Å². The Bertz CT molecular complexity index is 505. The molecule has 2 rings (SSSR count). The fraction of sp³-hybridized carbons (Fsp3) is 0. The van der Waals surface area contributed by atoms with Gasteiger partial charge >= 0.3 is 0 Å². The topological polar surface area (TPSA) is 113 Å². The second-order valence-corrected chi connectivity index (χ2v) is 2.84. The molecule has 7 heteroatoms. The fourth-order valence-corrected chi connectivity index (χ4v) is 1.06. The van der Waals surface area contributed by atoms with E-state index < -0.39 is 5.91 Å². The predicted molar refractivity (Wildman–Crippen MR) is 52.1 cm³/mol. The van der Waals surface area contributed by atoms with Gasteiger partial charge in [0.25, 0.3) is 5.91 Å². The van der Waals surface area contributed by atoms with E-state index >= 15 is 0 Å². The highest BCUT2D eigenvalue weighted by molar-refractivity contribution is 5.92. The normalized spacial score (nSPS) is 10.1. The van der Waals surface area contributed by atoms with Crippen molar-refractivity contribution in [2.45, 2.75) is 0 Å². The molecule has 0 saturated heterocycles. The molecule has 0 aliphatic rings. The molecule has 0 bridgehead atoms. The number of primary amides is 1. The number of nitrogens with zero attached hydrogens (tertiary/aromatic N) is 4. The first-order valence-corrected chi connectivity index (χ1v) is 4.09. The molecule has 0 aromatic carbocycles. The van der Waals surface area contributed by atoms with E-state index in [9.17, 15) is 4.79 Å². The van der Waals surface area contributed by atoms with Crippen LogP contribution >= 0.6 is 0 Å². The third-order valence-corrected chi connectivity index (χ3v) is 1.78. The van der Waals surface area contributed by atoms with Gasteiger partial charge in [0.15, 0.2) is 5.82 Å². The SMILES string of the molecule is NC(=O)c1cnn(-c2cc(N)ncn2)c1. The number of nitrogens with two attached hydrogens (primary N) is 2. The second-order valence-electron chi connectivity index (χ2n) is 2.84. The summed E-state index contributed by atoms with van der Waals surface area (Å²) in [5.74, 6) is 0.273. The minimum atomic E-state index is -0.539. The van der Waals surface area contributed by atoms with Gasteiger partial charge in [0, 0.05) is 12.3 Å². The Labute approximate surface area is 84.7 Å². The third kappa shape index (κ3) is 1.75. The lowest BCUT2D eigenvalue weighted by molar-refractivity contribution is 0.100. The summed E-state index contributed by atoms with van der Waals surface area (Å²) in [4.78, 5) is 18.5. The standard InChI is InChI=1S/C8H8N6O/c9-6-1-7(12-4-11-6)14-3-5(2-13-14)8(10)15/h1-4H,(H2,10,15)(H2,9,11,12). The third-order valence-electron chi connectivity index (χ3n) is 1.78. The van der Waals surface area contributed by atoms with Crippen LogP contribution in [0.4, 0.5) is 5.82 Å². The summed E-state index contributed by atoms with van der Waals surface area (Å²) in [5, 5.41) is 3.92. The monoisotopic (exact) mass is 204 g/mol. The number of hydrogen-bond acceptors (Lipinski definition) is 5. The van der Waals surface area contributed by atoms with Gasteiger partial charge in [-0.15, -0.1) is 0 Å². The van der Waals surface area contributed by atoms with Crippen molar-refractivity contribution in [2.24, 2.45) is 5.73 Å². The molecule has 15 heavy (non-hydrogen) atoms. The molecule has 0 radical (unpaired) electrons. The maximum atomic E-state index is 10.8. The largest absolute Gasteiger partial charge is 0.384 e. The summed E-state index contributed by atoms with van der Waals surface area (Å²) in [6, 6.07) is 1.54. The molecule has 0 unspecified atom stereocenters. The summed E-state index contributed by atoms with van der Waals surface area (Å²) in [7, 11) is 0. The number of carbonyl (C=O) groups excluding carboxylic acids is 1. The quantitative estimate of drug-likeness (QED) is 0.674. The number of rotatable bonds is 2. The highest BCUT2D eigenvalue weighted by Gasteiger charge is 2.06. The van der Waals surface area contributed by atoms with Crippen molar-refractivity contribution in [2.75, 3.05) is 5.73 Å². The van der Waals surface area contributed by atoms with E-state index in [0.29, 0.717) is 17.2 Å². The van der Waals surface area contributed by atoms with Crippen molar-refractivity contribution >= 4 is 11.7 Å². The van der Waals surface area contributed by atoms with Crippen LogP contribution in [0.3, 0.4) is 0 Å². The number of anilines is 1. The van der Waals surface area contributed by atoms with Crippen LogP contribution in [0.1, 0.15) is 10.4 Å². The van der Waals surface area contributed by atoms with Gasteiger partial charge in [-0.05, 0) is 0 Å². The number of aromatic nitrogens is 4. The molecular formula is C8H8N6O. The van der Waals surface area contributed by atoms with Crippen molar-refractivity contribution in [1.82, 2.24) is 19.7 Å². The smallest absolute Gasteiger partial charge is 0.251 e. The van der Waals surface area contributed by atoms with E-state index in [-0.39, 0.29) is 0 Å². The van der Waals surface area contributed by atoms with E-state index in [4.69, 9.17) is 11.5 Å². The van der Waals surface area contributed by atoms with Crippen molar-refractivity contribution < 1.29 is 4.79 Å².